The van der Waals surface area contributed by atoms with Gasteiger partial charge in [0.25, 0.3) is 5.91 Å². The van der Waals surface area contributed by atoms with Gasteiger partial charge in [-0.2, -0.15) is 0 Å². The summed E-state index contributed by atoms with van der Waals surface area (Å²) in [6.45, 7) is 4.86. The zero-order valence-electron chi connectivity index (χ0n) is 20.5. The third-order valence-electron chi connectivity index (χ3n) is 5.44. The van der Waals surface area contributed by atoms with Crippen LogP contribution in [0, 0.1) is 10.5 Å². The molecule has 3 aromatic rings. The lowest BCUT2D eigenvalue weighted by atomic mass is 10.1. The molecule has 0 unspecified atom stereocenters. The Hall–Kier alpha value is -3.31. The number of amides is 1. The zero-order chi connectivity index (χ0) is 26.5. The van der Waals surface area contributed by atoms with Gasteiger partial charge in [-0.3, -0.25) is 9.69 Å². The molecule has 3 aromatic carbocycles. The number of hydrogen-bond donors (Lipinski definition) is 1. The van der Waals surface area contributed by atoms with Gasteiger partial charge in [-0.15, -0.1) is 0 Å². The summed E-state index contributed by atoms with van der Waals surface area (Å²) >= 11 is 3.48. The Morgan fingerprint density at radius 2 is 1.89 bits per heavy atom. The smallest absolute Gasteiger partial charge is 0.335 e. The highest BCUT2D eigenvalue weighted by Gasteiger charge is 2.30. The molecule has 0 radical (unpaired) electrons. The number of aliphatic imine (C=N–C) groups is 1. The molecule has 1 saturated heterocycles. The number of aromatic carboxylic acids is 1. The number of benzene rings is 3. The van der Waals surface area contributed by atoms with Gasteiger partial charge < -0.3 is 14.6 Å². The SMILES string of the molecule is CCOc1cc(/C=C2\SC(=Nc3ccc(C(=O)O)cc3)N(C)C2=O)cc(I)c1OCc1cccc(C)c1. The summed E-state index contributed by atoms with van der Waals surface area (Å²) in [6, 6.07) is 18.2. The number of carbonyl (C=O) groups excluding carboxylic acids is 1. The second-order valence-electron chi connectivity index (χ2n) is 8.26. The van der Waals surface area contributed by atoms with Crippen LogP contribution in [0.4, 0.5) is 5.69 Å². The fraction of sp³-hybridized carbons (Fsp3) is 0.179. The average Bonchev–Trinajstić information content (AvgIpc) is 3.11. The van der Waals surface area contributed by atoms with Gasteiger partial charge in [0.15, 0.2) is 16.7 Å². The molecule has 7 nitrogen and oxygen atoms in total. The van der Waals surface area contributed by atoms with Crippen LogP contribution in [-0.2, 0) is 11.4 Å². The van der Waals surface area contributed by atoms with Crippen LogP contribution in [0.2, 0.25) is 0 Å². The summed E-state index contributed by atoms with van der Waals surface area (Å²) in [5.41, 5.74) is 3.80. The fourth-order valence-electron chi connectivity index (χ4n) is 3.62. The van der Waals surface area contributed by atoms with E-state index >= 15 is 0 Å². The van der Waals surface area contributed by atoms with Crippen LogP contribution >= 0.6 is 34.4 Å². The predicted molar refractivity (Wildman–Crippen MR) is 155 cm³/mol. The summed E-state index contributed by atoms with van der Waals surface area (Å²) < 4.78 is 12.9. The van der Waals surface area contributed by atoms with E-state index in [0.717, 1.165) is 14.7 Å². The van der Waals surface area contributed by atoms with Crippen molar-refractivity contribution in [1.29, 1.82) is 0 Å². The molecule has 0 aromatic heterocycles. The number of carboxylic acids is 1. The fourth-order valence-corrected chi connectivity index (χ4v) is 5.39. The van der Waals surface area contributed by atoms with Gasteiger partial charge in [-0.1, -0.05) is 29.8 Å². The minimum absolute atomic E-state index is 0.168. The molecule has 1 N–H and O–H groups in total. The Labute approximate surface area is 233 Å². The molecule has 1 aliphatic heterocycles. The van der Waals surface area contributed by atoms with Crippen LogP contribution < -0.4 is 9.47 Å². The van der Waals surface area contributed by atoms with E-state index in [-0.39, 0.29) is 11.5 Å². The normalized spacial score (nSPS) is 15.5. The van der Waals surface area contributed by atoms with Crippen molar-refractivity contribution in [3.8, 4) is 11.5 Å². The number of nitrogens with zero attached hydrogens (tertiary/aromatic N) is 2. The van der Waals surface area contributed by atoms with Crippen molar-refractivity contribution in [2.45, 2.75) is 20.5 Å². The second kappa shape index (κ2) is 11.8. The highest BCUT2D eigenvalue weighted by molar-refractivity contribution is 14.1. The number of thioether (sulfide) groups is 1. The van der Waals surface area contributed by atoms with Gasteiger partial charge in [0.1, 0.15) is 6.61 Å². The first-order valence-electron chi connectivity index (χ1n) is 11.5. The molecule has 0 aliphatic carbocycles. The number of carboxylic acid groups (broad SMARTS) is 1. The number of ether oxygens (including phenoxy) is 2. The van der Waals surface area contributed by atoms with Crippen LogP contribution in [0.3, 0.4) is 0 Å². The first-order chi connectivity index (χ1) is 17.7. The zero-order valence-corrected chi connectivity index (χ0v) is 23.5. The number of aryl methyl sites for hydroxylation is 1. The van der Waals surface area contributed by atoms with Crippen molar-refractivity contribution < 1.29 is 24.2 Å². The Kier molecular flexibility index (Phi) is 8.55. The molecule has 0 bridgehead atoms. The number of rotatable bonds is 8. The molecule has 9 heteroatoms. The quantitative estimate of drug-likeness (QED) is 0.226. The summed E-state index contributed by atoms with van der Waals surface area (Å²) in [6.07, 6.45) is 1.81. The maximum absolute atomic E-state index is 12.9. The molecule has 190 valence electrons. The molecule has 0 atom stereocenters. The monoisotopic (exact) mass is 628 g/mol. The van der Waals surface area contributed by atoms with Crippen molar-refractivity contribution in [2.24, 2.45) is 4.99 Å². The van der Waals surface area contributed by atoms with Gasteiger partial charge in [-0.05, 0) is 102 Å². The van der Waals surface area contributed by atoms with E-state index in [2.05, 4.69) is 33.6 Å². The van der Waals surface area contributed by atoms with E-state index in [1.165, 1.54) is 34.4 Å². The summed E-state index contributed by atoms with van der Waals surface area (Å²) in [4.78, 5) is 30.5. The Morgan fingerprint density at radius 1 is 1.14 bits per heavy atom. The molecular formula is C28H25IN2O5S. The summed E-state index contributed by atoms with van der Waals surface area (Å²) in [7, 11) is 1.66. The highest BCUT2D eigenvalue weighted by atomic mass is 127. The molecule has 0 spiro atoms. The molecule has 4 rings (SSSR count). The van der Waals surface area contributed by atoms with Crippen molar-refractivity contribution in [3.63, 3.8) is 0 Å². The number of halogens is 1. The Balaban J connectivity index is 1.57. The van der Waals surface area contributed by atoms with Crippen molar-refractivity contribution in [3.05, 3.63) is 91.4 Å². The van der Waals surface area contributed by atoms with E-state index in [4.69, 9.17) is 14.6 Å². The van der Waals surface area contributed by atoms with E-state index in [0.29, 0.717) is 40.5 Å². The second-order valence-corrected chi connectivity index (χ2v) is 10.4. The first kappa shape index (κ1) is 26.7. The number of carbonyl (C=O) groups is 2. The molecule has 37 heavy (non-hydrogen) atoms. The van der Waals surface area contributed by atoms with Crippen molar-refractivity contribution in [1.82, 2.24) is 4.90 Å². The molecule has 1 aliphatic rings. The third-order valence-corrected chi connectivity index (χ3v) is 7.30. The molecule has 1 fully saturated rings. The summed E-state index contributed by atoms with van der Waals surface area (Å²) in [5.74, 6) is 0.115. The number of likely N-dealkylation sites (N-methyl/N-ethyl adjacent to an activating group) is 1. The Bertz CT molecular complexity index is 1400. The minimum Gasteiger partial charge on any atom is -0.490 e. The van der Waals surface area contributed by atoms with Crippen LogP contribution in [0.5, 0.6) is 11.5 Å². The molecule has 1 amide bonds. The van der Waals surface area contributed by atoms with Crippen molar-refractivity contribution in [2.75, 3.05) is 13.7 Å². The van der Waals surface area contributed by atoms with E-state index in [9.17, 15) is 9.59 Å². The third kappa shape index (κ3) is 6.53. The minimum atomic E-state index is -1.00. The van der Waals surface area contributed by atoms with Gasteiger partial charge in [0.2, 0.25) is 0 Å². The van der Waals surface area contributed by atoms with E-state index in [1.807, 2.05) is 50.3 Å². The summed E-state index contributed by atoms with van der Waals surface area (Å²) in [5, 5.41) is 9.59. The molecule has 1 heterocycles. The van der Waals surface area contributed by atoms with Gasteiger partial charge in [0, 0.05) is 7.05 Å². The van der Waals surface area contributed by atoms with Crippen LogP contribution in [0.15, 0.2) is 70.6 Å². The van der Waals surface area contributed by atoms with E-state index < -0.39 is 5.97 Å². The van der Waals surface area contributed by atoms with Gasteiger partial charge in [0.05, 0.1) is 26.3 Å². The van der Waals surface area contributed by atoms with Gasteiger partial charge >= 0.3 is 5.97 Å². The highest BCUT2D eigenvalue weighted by Crippen LogP contribution is 2.38. The predicted octanol–water partition coefficient (Wildman–Crippen LogP) is 6.51. The average molecular weight is 628 g/mol. The lowest BCUT2D eigenvalue weighted by Crippen LogP contribution is -2.23. The van der Waals surface area contributed by atoms with Crippen LogP contribution in [-0.4, -0.2) is 40.7 Å². The van der Waals surface area contributed by atoms with Crippen LogP contribution in [0.25, 0.3) is 6.08 Å². The molecular weight excluding hydrogens is 603 g/mol. The Morgan fingerprint density at radius 3 is 2.57 bits per heavy atom. The van der Waals surface area contributed by atoms with Crippen molar-refractivity contribution >= 4 is 63.2 Å². The topological polar surface area (TPSA) is 88.4 Å². The van der Waals surface area contributed by atoms with Crippen LogP contribution in [0.1, 0.15) is 34.0 Å². The number of hydrogen-bond acceptors (Lipinski definition) is 6. The number of amidine groups is 1. The lowest BCUT2D eigenvalue weighted by Gasteiger charge is -2.15. The first-order valence-corrected chi connectivity index (χ1v) is 13.4. The van der Waals surface area contributed by atoms with E-state index in [1.54, 1.807) is 19.2 Å². The standard InChI is InChI=1S/C28H25IN2O5S/c1-4-35-23-14-19(13-22(29)25(23)36-16-18-7-5-6-17(2)12-18)15-24-26(32)31(3)28(37-24)30-21-10-8-20(9-11-21)27(33)34/h5-15H,4,16H2,1-3H3,(H,33,34)/b24-15-,30-28?. The lowest BCUT2D eigenvalue weighted by molar-refractivity contribution is -0.121. The largest absolute Gasteiger partial charge is 0.490 e. The molecule has 0 saturated carbocycles. The maximum Gasteiger partial charge on any atom is 0.335 e. The van der Waals surface area contributed by atoms with Gasteiger partial charge in [-0.25, -0.2) is 9.79 Å². The maximum atomic E-state index is 12.9.